The maximum Gasteiger partial charge on any atom is 0.343 e. The van der Waals surface area contributed by atoms with Gasteiger partial charge in [0.15, 0.2) is 0 Å². The molecule has 27 heavy (non-hydrogen) atoms. The molecule has 0 spiro atoms. The average Bonchev–Trinajstić information content (AvgIpc) is 2.73. The number of nitrogens with zero attached hydrogens (tertiary/aromatic N) is 2. The molecular formula is C22H16N2O3. The summed E-state index contributed by atoms with van der Waals surface area (Å²) in [6, 6.07) is 22.8. The first kappa shape index (κ1) is 17.9. The second-order valence-electron chi connectivity index (χ2n) is 5.60. The molecule has 0 N–H and O–H groups in total. The van der Waals surface area contributed by atoms with E-state index in [0.29, 0.717) is 22.6 Å². The number of methoxy groups -OCH3 is 1. The van der Waals surface area contributed by atoms with Gasteiger partial charge in [-0.25, -0.2) is 4.79 Å². The Morgan fingerprint density at radius 1 is 0.926 bits per heavy atom. The average molecular weight is 356 g/mol. The Kier molecular flexibility index (Phi) is 5.60. The molecule has 0 heterocycles. The Morgan fingerprint density at radius 3 is 2.15 bits per heavy atom. The first-order valence-corrected chi connectivity index (χ1v) is 8.18. The highest BCUT2D eigenvalue weighted by Gasteiger charge is 2.08. The molecule has 0 aliphatic heterocycles. The summed E-state index contributed by atoms with van der Waals surface area (Å²) < 4.78 is 10.4. The van der Waals surface area contributed by atoms with Crippen LogP contribution in [0.2, 0.25) is 0 Å². The van der Waals surface area contributed by atoms with Crippen LogP contribution < -0.4 is 9.47 Å². The lowest BCUT2D eigenvalue weighted by Crippen LogP contribution is -2.08. The predicted octanol–water partition coefficient (Wildman–Crippen LogP) is 4.54. The standard InChI is InChI=1S/C22H16N2O3/c1-26-20-10-12-21(13-11-20)27-22(25)18-6-2-17(3-7-18)15-24-19-8-4-16(14-23)5-9-19/h2-13,15H,1H3. The van der Waals surface area contributed by atoms with Crippen molar-refractivity contribution < 1.29 is 14.3 Å². The minimum atomic E-state index is -0.434. The molecule has 0 fully saturated rings. The molecule has 0 atom stereocenters. The second-order valence-corrected chi connectivity index (χ2v) is 5.60. The highest BCUT2D eigenvalue weighted by Crippen LogP contribution is 2.18. The van der Waals surface area contributed by atoms with Crippen LogP contribution in [-0.4, -0.2) is 19.3 Å². The van der Waals surface area contributed by atoms with Crippen LogP contribution in [0.1, 0.15) is 21.5 Å². The van der Waals surface area contributed by atoms with Crippen LogP contribution in [0.15, 0.2) is 77.8 Å². The molecule has 0 radical (unpaired) electrons. The smallest absolute Gasteiger partial charge is 0.343 e. The molecule has 0 aliphatic carbocycles. The van der Waals surface area contributed by atoms with E-state index in [9.17, 15) is 4.79 Å². The van der Waals surface area contributed by atoms with Gasteiger partial charge in [0.2, 0.25) is 0 Å². The summed E-state index contributed by atoms with van der Waals surface area (Å²) in [5.74, 6) is 0.712. The monoisotopic (exact) mass is 356 g/mol. The number of carbonyl (C=O) groups is 1. The van der Waals surface area contributed by atoms with Gasteiger partial charge in [0.25, 0.3) is 0 Å². The van der Waals surface area contributed by atoms with E-state index in [2.05, 4.69) is 11.1 Å². The summed E-state index contributed by atoms with van der Waals surface area (Å²) in [5, 5.41) is 8.79. The predicted molar refractivity (Wildman–Crippen MR) is 103 cm³/mol. The van der Waals surface area contributed by atoms with Crippen LogP contribution in [-0.2, 0) is 0 Å². The van der Waals surface area contributed by atoms with Gasteiger partial charge < -0.3 is 9.47 Å². The molecule has 0 aromatic heterocycles. The summed E-state index contributed by atoms with van der Waals surface area (Å²) in [6.07, 6.45) is 1.69. The number of esters is 1. The summed E-state index contributed by atoms with van der Waals surface area (Å²) in [4.78, 5) is 16.6. The summed E-state index contributed by atoms with van der Waals surface area (Å²) in [7, 11) is 1.58. The van der Waals surface area contributed by atoms with E-state index in [1.54, 1.807) is 86.1 Å². The van der Waals surface area contributed by atoms with Crippen molar-refractivity contribution >= 4 is 17.9 Å². The Balaban J connectivity index is 1.64. The van der Waals surface area contributed by atoms with Crippen LogP contribution in [0.3, 0.4) is 0 Å². The van der Waals surface area contributed by atoms with Crippen LogP contribution in [0, 0.1) is 11.3 Å². The number of hydrogen-bond donors (Lipinski definition) is 0. The SMILES string of the molecule is COc1ccc(OC(=O)c2ccc(C=Nc3ccc(C#N)cc3)cc2)cc1. The van der Waals surface area contributed by atoms with Crippen molar-refractivity contribution in [2.75, 3.05) is 7.11 Å². The Labute approximate surface area is 157 Å². The third-order valence-corrected chi connectivity index (χ3v) is 3.78. The molecule has 3 rings (SSSR count). The fourth-order valence-corrected chi connectivity index (χ4v) is 2.29. The van der Waals surface area contributed by atoms with E-state index >= 15 is 0 Å². The minimum absolute atomic E-state index is 0.434. The molecule has 0 aliphatic rings. The number of rotatable bonds is 5. The van der Waals surface area contributed by atoms with Crippen molar-refractivity contribution in [3.63, 3.8) is 0 Å². The quantitative estimate of drug-likeness (QED) is 0.382. The van der Waals surface area contributed by atoms with Gasteiger partial charge in [-0.05, 0) is 66.2 Å². The zero-order valence-electron chi connectivity index (χ0n) is 14.6. The molecule has 0 unspecified atom stereocenters. The molecule has 5 heteroatoms. The third kappa shape index (κ3) is 4.80. The van der Waals surface area contributed by atoms with Crippen LogP contribution in [0.25, 0.3) is 0 Å². The maximum absolute atomic E-state index is 12.2. The first-order valence-electron chi connectivity index (χ1n) is 8.18. The van der Waals surface area contributed by atoms with E-state index < -0.39 is 5.97 Å². The van der Waals surface area contributed by atoms with Crippen molar-refractivity contribution in [3.8, 4) is 17.6 Å². The number of aliphatic imine (C=N–C) groups is 1. The van der Waals surface area contributed by atoms with Crippen molar-refractivity contribution in [2.24, 2.45) is 4.99 Å². The number of nitriles is 1. The molecule has 0 saturated carbocycles. The molecule has 0 bridgehead atoms. The topological polar surface area (TPSA) is 71.7 Å². The number of benzene rings is 3. The van der Waals surface area contributed by atoms with Crippen LogP contribution in [0.5, 0.6) is 11.5 Å². The van der Waals surface area contributed by atoms with Gasteiger partial charge in [0.1, 0.15) is 11.5 Å². The highest BCUT2D eigenvalue weighted by atomic mass is 16.5. The third-order valence-electron chi connectivity index (χ3n) is 3.78. The maximum atomic E-state index is 12.2. The van der Waals surface area contributed by atoms with E-state index in [1.807, 2.05) is 0 Å². The van der Waals surface area contributed by atoms with Gasteiger partial charge in [-0.15, -0.1) is 0 Å². The Bertz CT molecular complexity index is 984. The van der Waals surface area contributed by atoms with Gasteiger partial charge in [-0.1, -0.05) is 12.1 Å². The van der Waals surface area contributed by atoms with Gasteiger partial charge in [0, 0.05) is 6.21 Å². The Morgan fingerprint density at radius 2 is 1.56 bits per heavy atom. The summed E-state index contributed by atoms with van der Waals surface area (Å²) >= 11 is 0. The molecule has 132 valence electrons. The van der Waals surface area contributed by atoms with E-state index in [0.717, 1.165) is 11.3 Å². The number of ether oxygens (including phenoxy) is 2. The van der Waals surface area contributed by atoms with Crippen LogP contribution in [0.4, 0.5) is 5.69 Å². The van der Waals surface area contributed by atoms with Crippen LogP contribution >= 0.6 is 0 Å². The van der Waals surface area contributed by atoms with Gasteiger partial charge in [-0.3, -0.25) is 4.99 Å². The molecule has 3 aromatic carbocycles. The zero-order chi connectivity index (χ0) is 19.1. The molecule has 0 amide bonds. The lowest BCUT2D eigenvalue weighted by molar-refractivity contribution is 0.0734. The lowest BCUT2D eigenvalue weighted by Gasteiger charge is -2.05. The summed E-state index contributed by atoms with van der Waals surface area (Å²) in [6.45, 7) is 0. The van der Waals surface area contributed by atoms with Gasteiger partial charge in [-0.2, -0.15) is 5.26 Å². The normalized spacial score (nSPS) is 10.4. The molecular weight excluding hydrogens is 340 g/mol. The first-order chi connectivity index (χ1) is 13.2. The minimum Gasteiger partial charge on any atom is -0.497 e. The fraction of sp³-hybridized carbons (Fsp3) is 0.0455. The Hall–Kier alpha value is -3.91. The second kappa shape index (κ2) is 8.45. The largest absolute Gasteiger partial charge is 0.497 e. The van der Waals surface area contributed by atoms with Crippen molar-refractivity contribution in [1.82, 2.24) is 0 Å². The van der Waals surface area contributed by atoms with E-state index in [4.69, 9.17) is 14.7 Å². The number of hydrogen-bond acceptors (Lipinski definition) is 5. The molecule has 0 saturated heterocycles. The molecule has 5 nitrogen and oxygen atoms in total. The van der Waals surface area contributed by atoms with Crippen molar-refractivity contribution in [1.29, 1.82) is 5.26 Å². The highest BCUT2D eigenvalue weighted by molar-refractivity contribution is 5.92. The fourth-order valence-electron chi connectivity index (χ4n) is 2.29. The van der Waals surface area contributed by atoms with E-state index in [-0.39, 0.29) is 0 Å². The van der Waals surface area contributed by atoms with E-state index in [1.165, 1.54) is 0 Å². The zero-order valence-corrected chi connectivity index (χ0v) is 14.6. The lowest BCUT2D eigenvalue weighted by atomic mass is 10.1. The van der Waals surface area contributed by atoms with Gasteiger partial charge in [0.05, 0.1) is 30.0 Å². The van der Waals surface area contributed by atoms with Crippen molar-refractivity contribution in [2.45, 2.75) is 0 Å². The summed E-state index contributed by atoms with van der Waals surface area (Å²) in [5.41, 5.74) is 2.63. The number of carbonyl (C=O) groups excluding carboxylic acids is 1. The van der Waals surface area contributed by atoms with Crippen molar-refractivity contribution in [3.05, 3.63) is 89.5 Å². The van der Waals surface area contributed by atoms with Gasteiger partial charge >= 0.3 is 5.97 Å². The molecule has 3 aromatic rings.